The van der Waals surface area contributed by atoms with E-state index in [0.29, 0.717) is 5.02 Å². The fourth-order valence-corrected chi connectivity index (χ4v) is 1.79. The number of carboxylic acids is 1. The summed E-state index contributed by atoms with van der Waals surface area (Å²) in [7, 11) is 0. The van der Waals surface area contributed by atoms with Crippen LogP contribution >= 0.6 is 22.9 Å². The van der Waals surface area contributed by atoms with E-state index in [-0.39, 0.29) is 17.2 Å². The number of rotatable bonds is 4. The second-order valence-corrected chi connectivity index (χ2v) is 3.43. The van der Waals surface area contributed by atoms with Crippen molar-refractivity contribution in [2.75, 3.05) is 6.61 Å². The van der Waals surface area contributed by atoms with Crippen LogP contribution in [0.25, 0.3) is 0 Å². The molecule has 1 aromatic heterocycles. The third-order valence-corrected chi connectivity index (χ3v) is 2.60. The van der Waals surface area contributed by atoms with Crippen LogP contribution in [-0.2, 0) is 0 Å². The van der Waals surface area contributed by atoms with Crippen molar-refractivity contribution in [1.82, 2.24) is 0 Å². The molecule has 0 bridgehead atoms. The van der Waals surface area contributed by atoms with E-state index in [2.05, 4.69) is 6.58 Å². The van der Waals surface area contributed by atoms with Gasteiger partial charge in [0.2, 0.25) is 0 Å². The van der Waals surface area contributed by atoms with Crippen molar-refractivity contribution in [3.63, 3.8) is 0 Å². The molecule has 1 heterocycles. The highest BCUT2D eigenvalue weighted by Crippen LogP contribution is 2.34. The highest BCUT2D eigenvalue weighted by molar-refractivity contribution is 7.13. The lowest BCUT2D eigenvalue weighted by Crippen LogP contribution is -1.99. The summed E-state index contributed by atoms with van der Waals surface area (Å²) in [5, 5.41) is 10.6. The summed E-state index contributed by atoms with van der Waals surface area (Å²) in [6.07, 6.45) is 1.53. The van der Waals surface area contributed by atoms with Crippen molar-refractivity contribution in [2.45, 2.75) is 0 Å². The van der Waals surface area contributed by atoms with Gasteiger partial charge in [-0.1, -0.05) is 24.3 Å². The Morgan fingerprint density at radius 3 is 3.08 bits per heavy atom. The molecule has 0 aliphatic heterocycles. The molecule has 0 aliphatic carbocycles. The maximum absolute atomic E-state index is 10.6. The lowest BCUT2D eigenvalue weighted by atomic mass is 10.4. The minimum atomic E-state index is -1.03. The molecule has 5 heteroatoms. The molecule has 1 aromatic rings. The molecule has 0 aromatic carbocycles. The highest BCUT2D eigenvalue weighted by atomic mass is 35.5. The molecule has 3 nitrogen and oxygen atoms in total. The van der Waals surface area contributed by atoms with E-state index in [4.69, 9.17) is 21.4 Å². The Labute approximate surface area is 84.2 Å². The zero-order valence-electron chi connectivity index (χ0n) is 6.62. The summed E-state index contributed by atoms with van der Waals surface area (Å²) >= 11 is 6.76. The van der Waals surface area contributed by atoms with Gasteiger partial charge < -0.3 is 9.84 Å². The predicted molar refractivity (Wildman–Crippen MR) is 52.0 cm³/mol. The first-order valence-corrected chi connectivity index (χ1v) is 4.66. The standard InChI is InChI=1S/C8H7ClO3S/c1-2-3-12-6-5(9)4-13-7(6)8(10)11/h2,4H,1,3H2,(H,10,11). The van der Waals surface area contributed by atoms with E-state index >= 15 is 0 Å². The van der Waals surface area contributed by atoms with Gasteiger partial charge in [0.05, 0.1) is 5.02 Å². The smallest absolute Gasteiger partial charge is 0.349 e. The van der Waals surface area contributed by atoms with Crippen molar-refractivity contribution in [3.05, 3.63) is 27.9 Å². The quantitative estimate of drug-likeness (QED) is 0.791. The normalized spacial score (nSPS) is 9.62. The number of carboxylic acid groups (broad SMARTS) is 1. The summed E-state index contributed by atoms with van der Waals surface area (Å²) in [5.41, 5.74) is 0. The zero-order chi connectivity index (χ0) is 9.84. The second kappa shape index (κ2) is 4.30. The molecule has 1 rings (SSSR count). The Hall–Kier alpha value is -1.00. The number of halogens is 1. The molecule has 0 aliphatic rings. The topological polar surface area (TPSA) is 46.5 Å². The highest BCUT2D eigenvalue weighted by Gasteiger charge is 2.17. The third kappa shape index (κ3) is 2.23. The minimum Gasteiger partial charge on any atom is -0.486 e. The maximum atomic E-state index is 10.6. The number of hydrogen-bond donors (Lipinski definition) is 1. The summed E-state index contributed by atoms with van der Waals surface area (Å²) in [6.45, 7) is 3.70. The van der Waals surface area contributed by atoms with Crippen LogP contribution in [0, 0.1) is 0 Å². The van der Waals surface area contributed by atoms with E-state index in [9.17, 15) is 4.79 Å². The second-order valence-electron chi connectivity index (χ2n) is 2.15. The van der Waals surface area contributed by atoms with Crippen molar-refractivity contribution in [2.24, 2.45) is 0 Å². The zero-order valence-corrected chi connectivity index (χ0v) is 8.19. The van der Waals surface area contributed by atoms with Crippen molar-refractivity contribution in [1.29, 1.82) is 0 Å². The van der Waals surface area contributed by atoms with E-state index < -0.39 is 5.97 Å². The van der Waals surface area contributed by atoms with Crippen LogP contribution in [0.5, 0.6) is 5.75 Å². The van der Waals surface area contributed by atoms with Crippen LogP contribution in [0.1, 0.15) is 9.67 Å². The molecule has 0 atom stereocenters. The van der Waals surface area contributed by atoms with E-state index in [1.807, 2.05) is 0 Å². The van der Waals surface area contributed by atoms with Gasteiger partial charge in [-0.05, 0) is 0 Å². The van der Waals surface area contributed by atoms with Gasteiger partial charge >= 0.3 is 5.97 Å². The Kier molecular flexibility index (Phi) is 3.33. The molecule has 0 saturated heterocycles. The van der Waals surface area contributed by atoms with Gasteiger partial charge in [-0.15, -0.1) is 11.3 Å². The lowest BCUT2D eigenvalue weighted by Gasteiger charge is -2.01. The van der Waals surface area contributed by atoms with Crippen LogP contribution in [0.2, 0.25) is 5.02 Å². The molecule has 70 valence electrons. The molecule has 0 fully saturated rings. The molecule has 1 N–H and O–H groups in total. The number of ether oxygens (including phenoxy) is 1. The molecule has 13 heavy (non-hydrogen) atoms. The van der Waals surface area contributed by atoms with Gasteiger partial charge in [-0.2, -0.15) is 0 Å². The first-order chi connectivity index (χ1) is 6.16. The molecule has 0 spiro atoms. The number of carbonyl (C=O) groups is 1. The molecule has 0 radical (unpaired) electrons. The van der Waals surface area contributed by atoms with Gasteiger partial charge in [0, 0.05) is 5.38 Å². The SMILES string of the molecule is C=CCOc1c(Cl)csc1C(=O)O. The van der Waals surface area contributed by atoms with Crippen molar-refractivity contribution in [3.8, 4) is 5.75 Å². The van der Waals surface area contributed by atoms with Gasteiger partial charge in [-0.3, -0.25) is 0 Å². The van der Waals surface area contributed by atoms with Crippen LogP contribution in [0.15, 0.2) is 18.0 Å². The molecular formula is C8H7ClO3S. The van der Waals surface area contributed by atoms with Crippen LogP contribution in [-0.4, -0.2) is 17.7 Å². The fraction of sp³-hybridized carbons (Fsp3) is 0.125. The molecule has 0 unspecified atom stereocenters. The van der Waals surface area contributed by atoms with Crippen molar-refractivity contribution >= 4 is 28.9 Å². The van der Waals surface area contributed by atoms with E-state index in [1.165, 1.54) is 11.5 Å². The van der Waals surface area contributed by atoms with E-state index in [1.54, 1.807) is 0 Å². The van der Waals surface area contributed by atoms with Gasteiger partial charge in [0.25, 0.3) is 0 Å². The Morgan fingerprint density at radius 1 is 1.85 bits per heavy atom. The average molecular weight is 219 g/mol. The van der Waals surface area contributed by atoms with Crippen LogP contribution < -0.4 is 4.74 Å². The monoisotopic (exact) mass is 218 g/mol. The van der Waals surface area contributed by atoms with Gasteiger partial charge in [0.1, 0.15) is 6.61 Å². The van der Waals surface area contributed by atoms with Gasteiger partial charge in [0.15, 0.2) is 10.6 Å². The summed E-state index contributed by atoms with van der Waals surface area (Å²) in [4.78, 5) is 10.8. The number of hydrogen-bond acceptors (Lipinski definition) is 3. The number of aromatic carboxylic acids is 1. The van der Waals surface area contributed by atoms with E-state index in [0.717, 1.165) is 11.3 Å². The fourth-order valence-electron chi connectivity index (χ4n) is 0.750. The lowest BCUT2D eigenvalue weighted by molar-refractivity contribution is 0.0698. The Bertz CT molecular complexity index is 332. The molecule has 0 saturated carbocycles. The minimum absolute atomic E-state index is 0.117. The summed E-state index contributed by atoms with van der Waals surface area (Å²) < 4.78 is 5.10. The Balaban J connectivity index is 2.94. The summed E-state index contributed by atoms with van der Waals surface area (Å²) in [5.74, 6) is -0.810. The first-order valence-electron chi connectivity index (χ1n) is 3.40. The van der Waals surface area contributed by atoms with Crippen LogP contribution in [0.4, 0.5) is 0 Å². The Morgan fingerprint density at radius 2 is 2.54 bits per heavy atom. The van der Waals surface area contributed by atoms with Gasteiger partial charge in [-0.25, -0.2) is 4.79 Å². The maximum Gasteiger partial charge on any atom is 0.349 e. The molecular weight excluding hydrogens is 212 g/mol. The van der Waals surface area contributed by atoms with Crippen molar-refractivity contribution < 1.29 is 14.6 Å². The first kappa shape index (κ1) is 10.1. The van der Waals surface area contributed by atoms with Crippen LogP contribution in [0.3, 0.4) is 0 Å². The number of thiophene rings is 1. The molecule has 0 amide bonds. The third-order valence-electron chi connectivity index (χ3n) is 1.24. The summed E-state index contributed by atoms with van der Waals surface area (Å²) in [6, 6.07) is 0. The average Bonchev–Trinajstić information content (AvgIpc) is 2.43. The predicted octanol–water partition coefficient (Wildman–Crippen LogP) is 2.66. The largest absolute Gasteiger partial charge is 0.486 e.